The SMILES string of the molecule is CCSc1nc(NCCOC)c2cnn(CCNC(=O)c3cccc([N+](=O)[O-])c3C)c2n1. The number of hydrogen-bond acceptors (Lipinski definition) is 9. The van der Waals surface area contributed by atoms with Crippen LogP contribution in [-0.4, -0.2) is 63.1 Å². The topological polar surface area (TPSA) is 137 Å². The molecule has 1 amide bonds. The molecule has 12 heteroatoms. The quantitative estimate of drug-likeness (QED) is 0.146. The highest BCUT2D eigenvalue weighted by molar-refractivity contribution is 7.99. The standard InChI is InChI=1S/C20H25N7O4S/c1-4-32-20-24-17(21-9-11-31-3)15-12-23-26(18(15)25-20)10-8-22-19(28)14-6-5-7-16(13(14)2)27(29)30/h5-7,12H,4,8-11H2,1-3H3,(H,22,28)(H,21,24,25). The Morgan fingerprint density at radius 1 is 1.31 bits per heavy atom. The minimum atomic E-state index is -0.494. The number of methoxy groups -OCH3 is 1. The number of nitro groups is 1. The number of thioether (sulfide) groups is 1. The number of ether oxygens (including phenoxy) is 1. The molecule has 2 heterocycles. The lowest BCUT2D eigenvalue weighted by Crippen LogP contribution is -2.28. The molecule has 2 aromatic heterocycles. The van der Waals surface area contributed by atoms with E-state index in [-0.39, 0.29) is 23.7 Å². The first-order chi connectivity index (χ1) is 15.5. The molecule has 0 radical (unpaired) electrons. The summed E-state index contributed by atoms with van der Waals surface area (Å²) in [6.45, 7) is 5.40. The van der Waals surface area contributed by atoms with Gasteiger partial charge >= 0.3 is 0 Å². The fourth-order valence-corrected chi connectivity index (χ4v) is 3.70. The molecule has 0 unspecified atom stereocenters. The molecule has 0 saturated heterocycles. The zero-order chi connectivity index (χ0) is 23.1. The molecule has 1 aromatic carbocycles. The van der Waals surface area contributed by atoms with Crippen LogP contribution >= 0.6 is 11.8 Å². The summed E-state index contributed by atoms with van der Waals surface area (Å²) < 4.78 is 6.80. The van der Waals surface area contributed by atoms with Crippen molar-refractivity contribution in [1.29, 1.82) is 0 Å². The molecular formula is C20H25N7O4S. The van der Waals surface area contributed by atoms with Crippen LogP contribution in [0, 0.1) is 17.0 Å². The third kappa shape index (κ3) is 5.32. The number of rotatable bonds is 11. The predicted octanol–water partition coefficient (Wildman–Crippen LogP) is 2.64. The van der Waals surface area contributed by atoms with Gasteiger partial charge in [0.25, 0.3) is 11.6 Å². The summed E-state index contributed by atoms with van der Waals surface area (Å²) in [5, 5.41) is 23.0. The first-order valence-corrected chi connectivity index (χ1v) is 11.1. The predicted molar refractivity (Wildman–Crippen MR) is 122 cm³/mol. The number of carbonyl (C=O) groups is 1. The van der Waals surface area contributed by atoms with Gasteiger partial charge < -0.3 is 15.4 Å². The van der Waals surface area contributed by atoms with E-state index in [0.29, 0.717) is 41.9 Å². The molecule has 0 aliphatic heterocycles. The zero-order valence-corrected chi connectivity index (χ0v) is 18.9. The van der Waals surface area contributed by atoms with Crippen LogP contribution in [0.4, 0.5) is 11.5 Å². The van der Waals surface area contributed by atoms with Crippen LogP contribution in [0.3, 0.4) is 0 Å². The highest BCUT2D eigenvalue weighted by Gasteiger charge is 2.18. The van der Waals surface area contributed by atoms with E-state index in [1.165, 1.54) is 23.9 Å². The summed E-state index contributed by atoms with van der Waals surface area (Å²) in [7, 11) is 1.64. The number of fused-ring (bicyclic) bond motifs is 1. The number of nitro benzene ring substituents is 1. The lowest BCUT2D eigenvalue weighted by molar-refractivity contribution is -0.385. The normalized spacial score (nSPS) is 11.0. The second kappa shape index (κ2) is 10.9. The number of aromatic nitrogens is 4. The molecule has 3 aromatic rings. The van der Waals surface area contributed by atoms with Gasteiger partial charge in [0.05, 0.1) is 29.7 Å². The van der Waals surface area contributed by atoms with Crippen molar-refractivity contribution in [1.82, 2.24) is 25.1 Å². The molecule has 11 nitrogen and oxygen atoms in total. The Morgan fingerprint density at radius 2 is 2.12 bits per heavy atom. The first-order valence-electron chi connectivity index (χ1n) is 10.1. The highest BCUT2D eigenvalue weighted by Crippen LogP contribution is 2.24. The third-order valence-corrected chi connectivity index (χ3v) is 5.43. The molecule has 170 valence electrons. The van der Waals surface area contributed by atoms with Gasteiger partial charge in [0.2, 0.25) is 0 Å². The molecule has 0 bridgehead atoms. The summed E-state index contributed by atoms with van der Waals surface area (Å²) in [5.74, 6) is 1.14. The number of anilines is 1. The minimum absolute atomic E-state index is 0.0816. The summed E-state index contributed by atoms with van der Waals surface area (Å²) >= 11 is 1.53. The van der Waals surface area contributed by atoms with Gasteiger partial charge in [-0.1, -0.05) is 24.8 Å². The van der Waals surface area contributed by atoms with Crippen LogP contribution < -0.4 is 10.6 Å². The van der Waals surface area contributed by atoms with Crippen molar-refractivity contribution in [2.75, 3.05) is 37.9 Å². The van der Waals surface area contributed by atoms with Gasteiger partial charge in [0.1, 0.15) is 5.82 Å². The molecule has 0 aliphatic carbocycles. The van der Waals surface area contributed by atoms with E-state index in [1.54, 1.807) is 31.0 Å². The van der Waals surface area contributed by atoms with Crippen LogP contribution in [0.5, 0.6) is 0 Å². The van der Waals surface area contributed by atoms with E-state index < -0.39 is 4.92 Å². The highest BCUT2D eigenvalue weighted by atomic mass is 32.2. The van der Waals surface area contributed by atoms with Crippen molar-refractivity contribution in [2.45, 2.75) is 25.5 Å². The van der Waals surface area contributed by atoms with Gasteiger partial charge in [-0.15, -0.1) is 0 Å². The Kier molecular flexibility index (Phi) is 7.95. The van der Waals surface area contributed by atoms with E-state index in [9.17, 15) is 14.9 Å². The Hall–Kier alpha value is -3.25. The Labute approximate surface area is 189 Å². The average Bonchev–Trinajstić information content (AvgIpc) is 3.17. The Bertz CT molecular complexity index is 1120. The van der Waals surface area contributed by atoms with E-state index in [4.69, 9.17) is 4.74 Å². The molecule has 0 aliphatic rings. The molecule has 3 rings (SSSR count). The van der Waals surface area contributed by atoms with E-state index in [2.05, 4.69) is 25.7 Å². The van der Waals surface area contributed by atoms with Crippen LogP contribution in [0.25, 0.3) is 11.0 Å². The van der Waals surface area contributed by atoms with Crippen molar-refractivity contribution < 1.29 is 14.5 Å². The lowest BCUT2D eigenvalue weighted by Gasteiger charge is -2.10. The summed E-state index contributed by atoms with van der Waals surface area (Å²) in [4.78, 5) is 32.3. The maximum absolute atomic E-state index is 12.6. The molecule has 0 saturated carbocycles. The molecular weight excluding hydrogens is 434 g/mol. The average molecular weight is 460 g/mol. The maximum atomic E-state index is 12.6. The fourth-order valence-electron chi connectivity index (χ4n) is 3.14. The number of benzene rings is 1. The van der Waals surface area contributed by atoms with Gasteiger partial charge in [-0.05, 0) is 18.7 Å². The fraction of sp³-hybridized carbons (Fsp3) is 0.400. The third-order valence-electron chi connectivity index (χ3n) is 4.70. The van der Waals surface area contributed by atoms with Crippen molar-refractivity contribution in [3.05, 3.63) is 45.6 Å². The zero-order valence-electron chi connectivity index (χ0n) is 18.1. The van der Waals surface area contributed by atoms with Gasteiger partial charge in [-0.2, -0.15) is 5.10 Å². The van der Waals surface area contributed by atoms with E-state index in [0.717, 1.165) is 11.1 Å². The molecule has 0 atom stereocenters. The molecule has 2 N–H and O–H groups in total. The number of hydrogen-bond donors (Lipinski definition) is 2. The second-order valence-electron chi connectivity index (χ2n) is 6.78. The number of nitrogens with zero attached hydrogens (tertiary/aromatic N) is 5. The van der Waals surface area contributed by atoms with Crippen LogP contribution in [0.2, 0.25) is 0 Å². The number of amides is 1. The van der Waals surface area contributed by atoms with Crippen molar-refractivity contribution in [3.63, 3.8) is 0 Å². The summed E-state index contributed by atoms with van der Waals surface area (Å²) in [5.41, 5.74) is 1.19. The largest absolute Gasteiger partial charge is 0.383 e. The summed E-state index contributed by atoms with van der Waals surface area (Å²) in [6, 6.07) is 4.45. The smallest absolute Gasteiger partial charge is 0.273 e. The lowest BCUT2D eigenvalue weighted by atomic mass is 10.1. The van der Waals surface area contributed by atoms with Gasteiger partial charge in [0, 0.05) is 37.4 Å². The molecule has 0 spiro atoms. The van der Waals surface area contributed by atoms with Crippen LogP contribution in [0.15, 0.2) is 29.6 Å². The van der Waals surface area contributed by atoms with Crippen molar-refractivity contribution in [2.24, 2.45) is 0 Å². The number of nitrogens with one attached hydrogen (secondary N) is 2. The Morgan fingerprint density at radius 3 is 2.84 bits per heavy atom. The monoisotopic (exact) mass is 459 g/mol. The molecule has 0 fully saturated rings. The minimum Gasteiger partial charge on any atom is -0.383 e. The Balaban J connectivity index is 1.74. The van der Waals surface area contributed by atoms with Crippen LogP contribution in [0.1, 0.15) is 22.8 Å². The summed E-state index contributed by atoms with van der Waals surface area (Å²) in [6.07, 6.45) is 1.69. The molecule has 32 heavy (non-hydrogen) atoms. The van der Waals surface area contributed by atoms with E-state index >= 15 is 0 Å². The van der Waals surface area contributed by atoms with Crippen LogP contribution in [-0.2, 0) is 11.3 Å². The van der Waals surface area contributed by atoms with Gasteiger partial charge in [-0.25, -0.2) is 14.6 Å². The van der Waals surface area contributed by atoms with Gasteiger partial charge in [-0.3, -0.25) is 14.9 Å². The number of carbonyl (C=O) groups excluding carboxylic acids is 1. The van der Waals surface area contributed by atoms with Crippen molar-refractivity contribution >= 4 is 40.2 Å². The first kappa shape index (κ1) is 23.4. The maximum Gasteiger partial charge on any atom is 0.273 e. The van der Waals surface area contributed by atoms with E-state index in [1.807, 2.05) is 6.92 Å². The van der Waals surface area contributed by atoms with Crippen molar-refractivity contribution in [3.8, 4) is 0 Å². The van der Waals surface area contributed by atoms with Gasteiger partial charge in [0.15, 0.2) is 10.8 Å². The second-order valence-corrected chi connectivity index (χ2v) is 8.01.